The number of aldehydes is 1. The van der Waals surface area contributed by atoms with Gasteiger partial charge < -0.3 is 13.8 Å². The van der Waals surface area contributed by atoms with Crippen LogP contribution in [0, 0.1) is 24.6 Å². The van der Waals surface area contributed by atoms with Crippen LogP contribution in [0.2, 0.25) is 0 Å². The Labute approximate surface area is 316 Å². The fourth-order valence-corrected chi connectivity index (χ4v) is 8.21. The molecule has 14 heteroatoms. The quantitative estimate of drug-likeness (QED) is 0.0469. The van der Waals surface area contributed by atoms with Crippen molar-refractivity contribution in [1.29, 1.82) is 0 Å². The molecular weight excluding hydrogens is 759 g/mol. The van der Waals surface area contributed by atoms with Crippen LogP contribution < -0.4 is 9.44 Å². The van der Waals surface area contributed by atoms with Crippen LogP contribution in [0.3, 0.4) is 0 Å². The molecule has 0 aliphatic heterocycles. The topological polar surface area (TPSA) is 103 Å². The van der Waals surface area contributed by atoms with Crippen molar-refractivity contribution in [3.05, 3.63) is 150 Å². The molecule has 1 aromatic heterocycles. The average Bonchev–Trinajstić information content (AvgIpc) is 3.42. The number of hydrogen-bond acceptors (Lipinski definition) is 7. The summed E-state index contributed by atoms with van der Waals surface area (Å²) >= 11 is -1.20. The Morgan fingerprint density at radius 1 is 0.833 bits per heavy atom. The van der Waals surface area contributed by atoms with E-state index in [9.17, 15) is 35.3 Å². The van der Waals surface area contributed by atoms with Crippen LogP contribution in [0.5, 0.6) is 0 Å². The molecule has 1 heterocycles. The predicted octanol–water partition coefficient (Wildman–Crippen LogP) is 9.57. The Kier molecular flexibility index (Phi) is 11.3. The number of sulfone groups is 1. The Morgan fingerprint density at radius 2 is 1.52 bits per heavy atom. The number of benzene rings is 5. The molecule has 0 amide bonds. The summed E-state index contributed by atoms with van der Waals surface area (Å²) in [6.45, 7) is 1.84. The average molecular weight is 788 g/mol. The predicted molar refractivity (Wildman–Crippen MR) is 204 cm³/mol. The van der Waals surface area contributed by atoms with E-state index in [1.165, 1.54) is 18.2 Å². The molecule has 0 fully saturated rings. The summed E-state index contributed by atoms with van der Waals surface area (Å²) in [4.78, 5) is 11.6. The minimum atomic E-state index is -5.80. The zero-order chi connectivity index (χ0) is 38.6. The van der Waals surface area contributed by atoms with Crippen molar-refractivity contribution in [3.8, 4) is 34.2 Å². The second kappa shape index (κ2) is 15.9. The molecule has 0 bridgehead atoms. The minimum absolute atomic E-state index is 0.189. The van der Waals surface area contributed by atoms with Crippen molar-refractivity contribution in [3.63, 3.8) is 0 Å². The lowest BCUT2D eigenvalue weighted by Crippen LogP contribution is -2.24. The summed E-state index contributed by atoms with van der Waals surface area (Å²) < 4.78 is 100. The van der Waals surface area contributed by atoms with Crippen LogP contribution >= 0.6 is 11.9 Å². The van der Waals surface area contributed by atoms with E-state index in [-0.39, 0.29) is 16.4 Å². The zero-order valence-corrected chi connectivity index (χ0v) is 30.9. The highest BCUT2D eigenvalue weighted by Gasteiger charge is 2.48. The maximum absolute atomic E-state index is 13.7. The molecule has 6 aromatic rings. The number of anilines is 2. The molecule has 274 valence electrons. The second-order valence-corrected chi connectivity index (χ2v) is 15.8. The van der Waals surface area contributed by atoms with E-state index >= 15 is 0 Å². The van der Waals surface area contributed by atoms with Gasteiger partial charge in [0.25, 0.3) is 9.84 Å². The van der Waals surface area contributed by atoms with Crippen molar-refractivity contribution >= 4 is 50.8 Å². The Hall–Kier alpha value is -5.46. The van der Waals surface area contributed by atoms with Gasteiger partial charge in [-0.15, -0.1) is 0 Å². The number of aromatic nitrogens is 1. The highest BCUT2D eigenvalue weighted by Crippen LogP contribution is 2.39. The molecule has 5 aromatic carbocycles. The third kappa shape index (κ3) is 8.19. The molecule has 0 radical (unpaired) electrons. The van der Waals surface area contributed by atoms with Gasteiger partial charge in [0.15, 0.2) is 11.2 Å². The van der Waals surface area contributed by atoms with Crippen LogP contribution in [-0.2, 0) is 28.2 Å². The molecule has 0 aliphatic rings. The number of carbonyl (C=O) groups excluding carboxylic acids is 1. The largest absolute Gasteiger partial charge is 0.588 e. The lowest BCUT2D eigenvalue weighted by molar-refractivity contribution is -0.0435. The number of carbonyl (C=O) groups is 1. The van der Waals surface area contributed by atoms with Crippen LogP contribution in [0.25, 0.3) is 22.4 Å². The lowest BCUT2D eigenvalue weighted by atomic mass is 9.96. The van der Waals surface area contributed by atoms with E-state index in [2.05, 4.69) is 21.3 Å². The zero-order valence-electron chi connectivity index (χ0n) is 28.4. The van der Waals surface area contributed by atoms with E-state index in [0.29, 0.717) is 32.8 Å². The van der Waals surface area contributed by atoms with Gasteiger partial charge in [-0.2, -0.15) is 13.2 Å². The number of nitrogens with one attached hydrogen (secondary N) is 2. The summed E-state index contributed by atoms with van der Waals surface area (Å²) in [5.41, 5.74) is -0.0887. The molecule has 0 aliphatic carbocycles. The normalized spacial score (nSPS) is 12.1. The monoisotopic (exact) mass is 787 g/mol. The molecule has 0 saturated carbocycles. The van der Waals surface area contributed by atoms with Crippen LogP contribution in [0.4, 0.5) is 28.9 Å². The molecular formula is C40H29F4N3O4S3. The number of rotatable bonds is 10. The standard InChI is InChI=1S/C40H29F4N3O4S3/c1-26-35(25-48)38(39(47(26)2)29-15-17-31(41)18-16-29)30-8-6-7-28(23-30)12-11-27-13-19-32(20-14-27)46-53(49)34-21-22-36(45-52-33-9-4-3-5-10-33)37(24-34)54(50,51)40(42,43)44/h3-10,13-25,45-46H,1-2H3. The number of hydrogen-bond donors (Lipinski definition) is 2. The fourth-order valence-electron chi connectivity index (χ4n) is 5.54. The van der Waals surface area contributed by atoms with Gasteiger partial charge in [-0.3, -0.25) is 4.79 Å². The van der Waals surface area contributed by atoms with Crippen LogP contribution in [0.1, 0.15) is 27.2 Å². The highest BCUT2D eigenvalue weighted by atomic mass is 32.2. The van der Waals surface area contributed by atoms with Gasteiger partial charge >= 0.3 is 5.51 Å². The SMILES string of the molecule is Cc1c(C=O)c(-c2cccc(C#Cc3ccc(N[S+]([O-])c4ccc(NSc5ccccc5)c(S(=O)(=O)C(F)(F)F)c4)cc3)c2)c(-c2ccc(F)cc2)n1C. The number of halogens is 4. The lowest BCUT2D eigenvalue weighted by Gasteiger charge is -2.16. The van der Waals surface area contributed by atoms with Gasteiger partial charge in [0.1, 0.15) is 22.1 Å². The molecule has 1 atom stereocenters. The maximum Gasteiger partial charge on any atom is 0.501 e. The molecule has 7 nitrogen and oxygen atoms in total. The van der Waals surface area contributed by atoms with Gasteiger partial charge in [-0.05, 0) is 115 Å². The van der Waals surface area contributed by atoms with Crippen LogP contribution in [0.15, 0.2) is 136 Å². The minimum Gasteiger partial charge on any atom is -0.588 e. The molecule has 6 rings (SSSR count). The first-order chi connectivity index (χ1) is 25.8. The van der Waals surface area contributed by atoms with E-state index in [1.54, 1.807) is 66.7 Å². The van der Waals surface area contributed by atoms with Gasteiger partial charge in [0, 0.05) is 46.0 Å². The first-order valence-electron chi connectivity index (χ1n) is 16.0. The smallest absolute Gasteiger partial charge is 0.501 e. The van der Waals surface area contributed by atoms with Gasteiger partial charge in [0.05, 0.1) is 17.1 Å². The van der Waals surface area contributed by atoms with Crippen molar-refractivity contribution in [1.82, 2.24) is 4.57 Å². The van der Waals surface area contributed by atoms with Gasteiger partial charge in [-0.25, -0.2) is 17.5 Å². The summed E-state index contributed by atoms with van der Waals surface area (Å²) in [7, 11) is -3.95. The summed E-state index contributed by atoms with van der Waals surface area (Å²) in [5.74, 6) is 5.80. The molecule has 2 N–H and O–H groups in total. The van der Waals surface area contributed by atoms with Crippen molar-refractivity contribution in [2.45, 2.75) is 27.1 Å². The molecule has 0 saturated heterocycles. The number of alkyl halides is 3. The molecule has 1 unspecified atom stereocenters. The summed E-state index contributed by atoms with van der Waals surface area (Å²) in [5, 5.41) is 0. The summed E-state index contributed by atoms with van der Waals surface area (Å²) in [6.07, 6.45) is 0.806. The first-order valence-corrected chi connectivity index (χ1v) is 19.5. The van der Waals surface area contributed by atoms with Gasteiger partial charge in [0.2, 0.25) is 0 Å². The Balaban J connectivity index is 1.21. The van der Waals surface area contributed by atoms with Crippen molar-refractivity contribution in [2.75, 3.05) is 9.44 Å². The van der Waals surface area contributed by atoms with Crippen molar-refractivity contribution < 1.29 is 35.3 Å². The first kappa shape index (κ1) is 38.3. The highest BCUT2D eigenvalue weighted by molar-refractivity contribution is 8.00. The van der Waals surface area contributed by atoms with E-state index < -0.39 is 31.6 Å². The Bertz CT molecular complexity index is 2500. The third-order valence-electron chi connectivity index (χ3n) is 8.35. The maximum atomic E-state index is 13.7. The Morgan fingerprint density at radius 3 is 2.19 bits per heavy atom. The number of nitrogens with zero attached hydrogens (tertiary/aromatic N) is 1. The fraction of sp³-hybridized carbons (Fsp3) is 0.0750. The van der Waals surface area contributed by atoms with Gasteiger partial charge in [-0.1, -0.05) is 42.2 Å². The van der Waals surface area contributed by atoms with E-state index in [4.69, 9.17) is 0 Å². The molecule has 54 heavy (non-hydrogen) atoms. The summed E-state index contributed by atoms with van der Waals surface area (Å²) in [6, 6.07) is 31.6. The van der Waals surface area contributed by atoms with E-state index in [0.717, 1.165) is 52.9 Å². The van der Waals surface area contributed by atoms with E-state index in [1.807, 2.05) is 42.8 Å². The molecule has 0 spiro atoms. The van der Waals surface area contributed by atoms with Crippen LogP contribution in [-0.4, -0.2) is 29.3 Å². The second-order valence-electron chi connectivity index (χ2n) is 11.8. The van der Waals surface area contributed by atoms with Crippen molar-refractivity contribution in [2.24, 2.45) is 7.05 Å². The third-order valence-corrected chi connectivity index (χ3v) is 11.8.